The molecule has 0 aromatic heterocycles. The molecule has 37 heavy (non-hydrogen) atoms. The Morgan fingerprint density at radius 3 is 2.43 bits per heavy atom. The standard InChI is InChI=1S/C28H38BrN3O4S/c1-21-10-7-15-26(18-21)32(37(3,35)36)17-9-16-27(33)31(20-23-11-8-12-24(29)19-23)22(2)28(34)30-25-13-5-4-6-14-25/h7-8,10-12,15,18-19,22,25H,4-6,9,13-14,16-17,20H2,1-3H3,(H,30,34)/t22-/m0/s1. The average molecular weight is 593 g/mol. The molecule has 2 aromatic rings. The SMILES string of the molecule is Cc1cccc(N(CCCC(=O)N(Cc2cccc(Br)c2)[C@@H](C)C(=O)NC2CCCCC2)S(C)(=O)=O)c1. The topological polar surface area (TPSA) is 86.8 Å². The molecule has 202 valence electrons. The van der Waals surface area contributed by atoms with Gasteiger partial charge in [0.05, 0.1) is 11.9 Å². The summed E-state index contributed by atoms with van der Waals surface area (Å²) in [4.78, 5) is 28.2. The van der Waals surface area contributed by atoms with Crippen molar-refractivity contribution in [1.82, 2.24) is 10.2 Å². The Kier molecular flexibility index (Phi) is 10.6. The molecule has 0 bridgehead atoms. The van der Waals surface area contributed by atoms with Gasteiger partial charge in [-0.25, -0.2) is 8.42 Å². The third-order valence-corrected chi connectivity index (χ3v) is 8.49. The van der Waals surface area contributed by atoms with Crippen molar-refractivity contribution in [1.29, 1.82) is 0 Å². The monoisotopic (exact) mass is 591 g/mol. The van der Waals surface area contributed by atoms with Crippen molar-refractivity contribution in [2.24, 2.45) is 0 Å². The Morgan fingerprint density at radius 1 is 1.08 bits per heavy atom. The molecule has 7 nitrogen and oxygen atoms in total. The van der Waals surface area contributed by atoms with Crippen LogP contribution in [0.3, 0.4) is 0 Å². The smallest absolute Gasteiger partial charge is 0.242 e. The molecule has 1 atom stereocenters. The van der Waals surface area contributed by atoms with Crippen LogP contribution in [0, 0.1) is 6.92 Å². The predicted octanol–water partition coefficient (Wildman–Crippen LogP) is 5.17. The van der Waals surface area contributed by atoms with Crippen LogP contribution < -0.4 is 9.62 Å². The number of sulfonamides is 1. The first-order valence-electron chi connectivity index (χ1n) is 12.9. The maximum atomic E-state index is 13.5. The summed E-state index contributed by atoms with van der Waals surface area (Å²) in [5.41, 5.74) is 2.46. The number of halogens is 1. The van der Waals surface area contributed by atoms with E-state index in [1.807, 2.05) is 49.4 Å². The number of amides is 2. The van der Waals surface area contributed by atoms with Gasteiger partial charge in [-0.05, 0) is 68.5 Å². The van der Waals surface area contributed by atoms with E-state index in [-0.39, 0.29) is 30.8 Å². The molecule has 0 aliphatic heterocycles. The summed E-state index contributed by atoms with van der Waals surface area (Å²) in [6.45, 7) is 4.16. The van der Waals surface area contributed by atoms with Crippen LogP contribution in [0.4, 0.5) is 5.69 Å². The number of nitrogens with zero attached hydrogens (tertiary/aromatic N) is 2. The van der Waals surface area contributed by atoms with Gasteiger partial charge < -0.3 is 10.2 Å². The average Bonchev–Trinajstić information content (AvgIpc) is 2.84. The first kappa shape index (κ1) is 29.2. The van der Waals surface area contributed by atoms with Gasteiger partial charge in [-0.1, -0.05) is 59.5 Å². The summed E-state index contributed by atoms with van der Waals surface area (Å²) in [6.07, 6.45) is 7.00. The second kappa shape index (κ2) is 13.4. The number of anilines is 1. The minimum atomic E-state index is -3.51. The van der Waals surface area contributed by atoms with Gasteiger partial charge in [-0.2, -0.15) is 0 Å². The van der Waals surface area contributed by atoms with Crippen LogP contribution in [-0.2, 0) is 26.2 Å². The zero-order valence-electron chi connectivity index (χ0n) is 22.0. The molecule has 0 unspecified atom stereocenters. The van der Waals surface area contributed by atoms with Gasteiger partial charge in [0.1, 0.15) is 6.04 Å². The van der Waals surface area contributed by atoms with Gasteiger partial charge in [-0.3, -0.25) is 13.9 Å². The first-order valence-corrected chi connectivity index (χ1v) is 15.6. The third kappa shape index (κ3) is 8.85. The van der Waals surface area contributed by atoms with Gasteiger partial charge >= 0.3 is 0 Å². The van der Waals surface area contributed by atoms with E-state index in [0.717, 1.165) is 41.3 Å². The zero-order valence-corrected chi connectivity index (χ0v) is 24.4. The van der Waals surface area contributed by atoms with Gasteiger partial charge in [0.25, 0.3) is 0 Å². The summed E-state index contributed by atoms with van der Waals surface area (Å²) in [5, 5.41) is 3.14. The quantitative estimate of drug-likeness (QED) is 0.390. The fourth-order valence-electron chi connectivity index (χ4n) is 4.77. The summed E-state index contributed by atoms with van der Waals surface area (Å²) in [6, 6.07) is 14.5. The van der Waals surface area contributed by atoms with Crippen LogP contribution in [-0.4, -0.2) is 50.0 Å². The highest BCUT2D eigenvalue weighted by atomic mass is 79.9. The molecular formula is C28H38BrN3O4S. The molecule has 0 heterocycles. The van der Waals surface area contributed by atoms with E-state index >= 15 is 0 Å². The molecule has 1 aliphatic carbocycles. The molecule has 0 saturated heterocycles. The van der Waals surface area contributed by atoms with Gasteiger partial charge in [-0.15, -0.1) is 0 Å². The lowest BCUT2D eigenvalue weighted by Crippen LogP contribution is -2.50. The van der Waals surface area contributed by atoms with Crippen LogP contribution in [0.5, 0.6) is 0 Å². The van der Waals surface area contributed by atoms with E-state index in [4.69, 9.17) is 0 Å². The van der Waals surface area contributed by atoms with E-state index in [0.29, 0.717) is 18.7 Å². The molecule has 1 saturated carbocycles. The Hall–Kier alpha value is -2.39. The minimum Gasteiger partial charge on any atom is -0.352 e. The van der Waals surface area contributed by atoms with Gasteiger partial charge in [0.15, 0.2) is 0 Å². The molecule has 2 aromatic carbocycles. The third-order valence-electron chi connectivity index (χ3n) is 6.80. The second-order valence-corrected chi connectivity index (χ2v) is 12.8. The molecule has 2 amide bonds. The maximum absolute atomic E-state index is 13.5. The highest BCUT2D eigenvalue weighted by Gasteiger charge is 2.28. The van der Waals surface area contributed by atoms with Crippen molar-refractivity contribution in [2.45, 2.75) is 77.4 Å². The molecule has 3 rings (SSSR count). The van der Waals surface area contributed by atoms with Crippen molar-refractivity contribution < 1.29 is 18.0 Å². The van der Waals surface area contributed by atoms with E-state index in [1.165, 1.54) is 17.0 Å². The van der Waals surface area contributed by atoms with Crippen LogP contribution >= 0.6 is 15.9 Å². The Balaban J connectivity index is 1.71. The summed E-state index contributed by atoms with van der Waals surface area (Å²) < 4.78 is 27.2. The lowest BCUT2D eigenvalue weighted by molar-refractivity contribution is -0.141. The predicted molar refractivity (Wildman–Crippen MR) is 152 cm³/mol. The molecule has 1 N–H and O–H groups in total. The summed E-state index contributed by atoms with van der Waals surface area (Å²) in [5.74, 6) is -0.322. The number of carbonyl (C=O) groups excluding carboxylic acids is 2. The largest absolute Gasteiger partial charge is 0.352 e. The maximum Gasteiger partial charge on any atom is 0.242 e. The second-order valence-electron chi connectivity index (χ2n) is 9.95. The molecule has 1 aliphatic rings. The molecule has 1 fully saturated rings. The highest BCUT2D eigenvalue weighted by Crippen LogP contribution is 2.22. The van der Waals surface area contributed by atoms with Crippen LogP contribution in [0.2, 0.25) is 0 Å². The number of nitrogens with one attached hydrogen (secondary N) is 1. The summed E-state index contributed by atoms with van der Waals surface area (Å²) in [7, 11) is -3.51. The Labute approximate surface area is 229 Å². The zero-order chi connectivity index (χ0) is 27.0. The van der Waals surface area contributed by atoms with E-state index in [1.54, 1.807) is 17.9 Å². The lowest BCUT2D eigenvalue weighted by Gasteiger charge is -2.31. The fourth-order valence-corrected chi connectivity index (χ4v) is 6.17. The molecule has 0 spiro atoms. The van der Waals surface area contributed by atoms with Crippen LogP contribution in [0.25, 0.3) is 0 Å². The van der Waals surface area contributed by atoms with Crippen molar-refractivity contribution >= 4 is 43.5 Å². The highest BCUT2D eigenvalue weighted by molar-refractivity contribution is 9.10. The van der Waals surface area contributed by atoms with E-state index in [9.17, 15) is 18.0 Å². The fraction of sp³-hybridized carbons (Fsp3) is 0.500. The lowest BCUT2D eigenvalue weighted by atomic mass is 9.95. The number of aryl methyl sites for hydroxylation is 1. The van der Waals surface area contributed by atoms with E-state index < -0.39 is 16.1 Å². The van der Waals surface area contributed by atoms with Crippen molar-refractivity contribution in [3.8, 4) is 0 Å². The molecule has 0 radical (unpaired) electrons. The van der Waals surface area contributed by atoms with Crippen molar-refractivity contribution in [2.75, 3.05) is 17.1 Å². The van der Waals surface area contributed by atoms with E-state index in [2.05, 4.69) is 21.2 Å². The number of hydrogen-bond donors (Lipinski definition) is 1. The minimum absolute atomic E-state index is 0.132. The number of benzene rings is 2. The molecule has 9 heteroatoms. The first-order chi connectivity index (χ1) is 17.5. The molecular weight excluding hydrogens is 554 g/mol. The van der Waals surface area contributed by atoms with Crippen LogP contribution in [0.15, 0.2) is 53.0 Å². The number of carbonyl (C=O) groups is 2. The Bertz CT molecular complexity index is 1180. The number of rotatable bonds is 11. The van der Waals surface area contributed by atoms with Crippen molar-refractivity contribution in [3.05, 3.63) is 64.1 Å². The Morgan fingerprint density at radius 2 is 1.78 bits per heavy atom. The van der Waals surface area contributed by atoms with Crippen molar-refractivity contribution in [3.63, 3.8) is 0 Å². The van der Waals surface area contributed by atoms with Crippen LogP contribution in [0.1, 0.15) is 63.0 Å². The van der Waals surface area contributed by atoms with Gasteiger partial charge in [0, 0.05) is 30.0 Å². The van der Waals surface area contributed by atoms with Gasteiger partial charge in [0.2, 0.25) is 21.8 Å². The summed E-state index contributed by atoms with van der Waals surface area (Å²) >= 11 is 3.48. The number of hydrogen-bond acceptors (Lipinski definition) is 4. The normalized spacial score (nSPS) is 15.1.